The predicted octanol–water partition coefficient (Wildman–Crippen LogP) is 1.81. The molecule has 106 valence electrons. The predicted molar refractivity (Wildman–Crippen MR) is 80.2 cm³/mol. The molecule has 3 N–H and O–H groups in total. The highest BCUT2D eigenvalue weighted by molar-refractivity contribution is 9.10. The summed E-state index contributed by atoms with van der Waals surface area (Å²) in [5, 5.41) is 7.40. The number of anilines is 1. The van der Waals surface area contributed by atoms with Gasteiger partial charge in [-0.05, 0) is 40.6 Å². The van der Waals surface area contributed by atoms with Gasteiger partial charge in [-0.1, -0.05) is 13.8 Å². The van der Waals surface area contributed by atoms with Gasteiger partial charge in [0.05, 0.1) is 11.9 Å². The largest absolute Gasteiger partial charge is 0.381 e. The van der Waals surface area contributed by atoms with Crippen molar-refractivity contribution in [3.05, 3.63) is 21.0 Å². The minimum absolute atomic E-state index is 0.0984. The summed E-state index contributed by atoms with van der Waals surface area (Å²) in [5.74, 6) is 1.03. The molecule has 1 saturated carbocycles. The summed E-state index contributed by atoms with van der Waals surface area (Å²) in [6.45, 7) is 5.42. The number of aromatic nitrogens is 2. The van der Waals surface area contributed by atoms with E-state index in [0.29, 0.717) is 29.4 Å². The highest BCUT2D eigenvalue weighted by atomic mass is 79.9. The van der Waals surface area contributed by atoms with E-state index in [9.17, 15) is 4.79 Å². The van der Waals surface area contributed by atoms with Crippen molar-refractivity contribution in [3.8, 4) is 0 Å². The van der Waals surface area contributed by atoms with Gasteiger partial charge in [0.2, 0.25) is 0 Å². The monoisotopic (exact) mass is 328 g/mol. The lowest BCUT2D eigenvalue weighted by molar-refractivity contribution is 0.462. The van der Waals surface area contributed by atoms with Crippen molar-refractivity contribution >= 4 is 21.6 Å². The summed E-state index contributed by atoms with van der Waals surface area (Å²) in [6.07, 6.45) is 4.13. The molecule has 1 heterocycles. The maximum atomic E-state index is 12.1. The molecule has 5 nitrogen and oxygen atoms in total. The van der Waals surface area contributed by atoms with Gasteiger partial charge in [0.15, 0.2) is 0 Å². The molecule has 1 aromatic rings. The Morgan fingerprint density at radius 1 is 1.58 bits per heavy atom. The Hall–Kier alpha value is -0.880. The van der Waals surface area contributed by atoms with Gasteiger partial charge in [-0.3, -0.25) is 4.79 Å². The SMILES string of the molecule is CC(C)Cn1ncc(NCC(N)C2CC2)c(Br)c1=O. The van der Waals surface area contributed by atoms with Crippen LogP contribution in [0.2, 0.25) is 0 Å². The van der Waals surface area contributed by atoms with Gasteiger partial charge in [-0.25, -0.2) is 4.68 Å². The lowest BCUT2D eigenvalue weighted by Crippen LogP contribution is -2.32. The molecule has 0 saturated heterocycles. The number of hydrogen-bond donors (Lipinski definition) is 2. The molecular weight excluding hydrogens is 308 g/mol. The molecule has 0 aliphatic heterocycles. The topological polar surface area (TPSA) is 72.9 Å². The molecule has 0 amide bonds. The number of halogens is 1. The molecule has 0 bridgehead atoms. The highest BCUT2D eigenvalue weighted by Crippen LogP contribution is 2.31. The molecule has 0 aromatic carbocycles. The second kappa shape index (κ2) is 6.05. The van der Waals surface area contributed by atoms with Crippen LogP contribution in [0.3, 0.4) is 0 Å². The van der Waals surface area contributed by atoms with E-state index in [0.717, 1.165) is 5.69 Å². The summed E-state index contributed by atoms with van der Waals surface area (Å²) in [5.41, 5.74) is 6.65. The molecule has 19 heavy (non-hydrogen) atoms. The Balaban J connectivity index is 2.05. The maximum absolute atomic E-state index is 12.1. The van der Waals surface area contributed by atoms with E-state index in [1.54, 1.807) is 6.20 Å². The molecule has 1 aliphatic carbocycles. The first-order valence-corrected chi connectivity index (χ1v) is 7.53. The van der Waals surface area contributed by atoms with Gasteiger partial charge in [0, 0.05) is 19.1 Å². The molecular formula is C13H21BrN4O. The Morgan fingerprint density at radius 2 is 2.26 bits per heavy atom. The van der Waals surface area contributed by atoms with Crippen molar-refractivity contribution in [2.45, 2.75) is 39.3 Å². The van der Waals surface area contributed by atoms with Crippen LogP contribution in [0.5, 0.6) is 0 Å². The van der Waals surface area contributed by atoms with E-state index in [2.05, 4.69) is 40.2 Å². The number of rotatable bonds is 6. The second-order valence-electron chi connectivity index (χ2n) is 5.64. The Morgan fingerprint density at radius 3 is 2.84 bits per heavy atom. The summed E-state index contributed by atoms with van der Waals surface area (Å²) < 4.78 is 2.02. The summed E-state index contributed by atoms with van der Waals surface area (Å²) in [7, 11) is 0. The van der Waals surface area contributed by atoms with Crippen LogP contribution < -0.4 is 16.6 Å². The Bertz CT molecular complexity index is 496. The van der Waals surface area contributed by atoms with E-state index >= 15 is 0 Å². The average molecular weight is 329 g/mol. The van der Waals surface area contributed by atoms with Gasteiger partial charge in [-0.2, -0.15) is 5.10 Å². The molecule has 1 aliphatic rings. The van der Waals surface area contributed by atoms with Crippen LogP contribution in [0.4, 0.5) is 5.69 Å². The molecule has 0 spiro atoms. The lowest BCUT2D eigenvalue weighted by atomic mass is 10.2. The van der Waals surface area contributed by atoms with Gasteiger partial charge >= 0.3 is 0 Å². The van der Waals surface area contributed by atoms with E-state index in [4.69, 9.17) is 5.73 Å². The zero-order chi connectivity index (χ0) is 14.0. The quantitative estimate of drug-likeness (QED) is 0.835. The fourth-order valence-electron chi connectivity index (χ4n) is 1.98. The number of nitrogens with zero attached hydrogens (tertiary/aromatic N) is 2. The molecule has 2 rings (SSSR count). The van der Waals surface area contributed by atoms with Crippen LogP contribution in [0.15, 0.2) is 15.5 Å². The summed E-state index contributed by atoms with van der Waals surface area (Å²) in [6, 6.07) is 0.157. The van der Waals surface area contributed by atoms with Gasteiger partial charge < -0.3 is 11.1 Å². The Labute approximate surface area is 121 Å². The molecule has 0 radical (unpaired) electrons. The maximum Gasteiger partial charge on any atom is 0.283 e. The van der Waals surface area contributed by atoms with Crippen molar-refractivity contribution in [1.29, 1.82) is 0 Å². The first-order valence-electron chi connectivity index (χ1n) is 6.74. The minimum atomic E-state index is -0.0984. The highest BCUT2D eigenvalue weighted by Gasteiger charge is 2.28. The molecule has 1 aromatic heterocycles. The number of nitrogens with one attached hydrogen (secondary N) is 1. The molecule has 1 unspecified atom stereocenters. The summed E-state index contributed by atoms with van der Waals surface area (Å²) in [4.78, 5) is 12.1. The standard InChI is InChI=1S/C13H21BrN4O/c1-8(2)7-18-13(19)12(14)11(6-17-18)16-5-10(15)9-3-4-9/h6,8-10,16H,3-5,7,15H2,1-2H3. The fraction of sp³-hybridized carbons (Fsp3) is 0.692. The first kappa shape index (κ1) is 14.5. The lowest BCUT2D eigenvalue weighted by Gasteiger charge is -2.14. The Kier molecular flexibility index (Phi) is 4.62. The van der Waals surface area contributed by atoms with Gasteiger partial charge in [0.25, 0.3) is 5.56 Å². The van der Waals surface area contributed by atoms with Crippen LogP contribution in [-0.2, 0) is 6.54 Å². The minimum Gasteiger partial charge on any atom is -0.381 e. The molecule has 1 atom stereocenters. The van der Waals surface area contributed by atoms with Crippen LogP contribution in [0, 0.1) is 11.8 Å². The zero-order valence-electron chi connectivity index (χ0n) is 11.4. The van der Waals surface area contributed by atoms with E-state index in [-0.39, 0.29) is 11.6 Å². The third-order valence-corrected chi connectivity index (χ3v) is 4.05. The van der Waals surface area contributed by atoms with Crippen molar-refractivity contribution in [2.75, 3.05) is 11.9 Å². The summed E-state index contributed by atoms with van der Waals surface area (Å²) >= 11 is 3.35. The number of nitrogens with two attached hydrogens (primary N) is 1. The smallest absolute Gasteiger partial charge is 0.283 e. The molecule has 6 heteroatoms. The van der Waals surface area contributed by atoms with E-state index in [1.807, 2.05) is 0 Å². The average Bonchev–Trinajstić information content (AvgIpc) is 3.17. The van der Waals surface area contributed by atoms with Crippen LogP contribution in [-0.4, -0.2) is 22.4 Å². The van der Waals surface area contributed by atoms with Crippen LogP contribution >= 0.6 is 15.9 Å². The first-order chi connectivity index (χ1) is 8.99. The normalized spacial score (nSPS) is 16.7. The fourth-order valence-corrected chi connectivity index (χ4v) is 2.43. The van der Waals surface area contributed by atoms with Crippen LogP contribution in [0.25, 0.3) is 0 Å². The van der Waals surface area contributed by atoms with Gasteiger partial charge in [0.1, 0.15) is 4.47 Å². The van der Waals surface area contributed by atoms with E-state index < -0.39 is 0 Å². The second-order valence-corrected chi connectivity index (χ2v) is 6.43. The van der Waals surface area contributed by atoms with Crippen molar-refractivity contribution < 1.29 is 0 Å². The van der Waals surface area contributed by atoms with Crippen molar-refractivity contribution in [3.63, 3.8) is 0 Å². The van der Waals surface area contributed by atoms with Crippen LogP contribution in [0.1, 0.15) is 26.7 Å². The van der Waals surface area contributed by atoms with Gasteiger partial charge in [-0.15, -0.1) is 0 Å². The third-order valence-electron chi connectivity index (χ3n) is 3.28. The van der Waals surface area contributed by atoms with Crippen molar-refractivity contribution in [2.24, 2.45) is 17.6 Å². The molecule has 1 fully saturated rings. The zero-order valence-corrected chi connectivity index (χ0v) is 13.0. The number of hydrogen-bond acceptors (Lipinski definition) is 4. The van der Waals surface area contributed by atoms with E-state index in [1.165, 1.54) is 17.5 Å². The van der Waals surface area contributed by atoms with Crippen molar-refractivity contribution in [1.82, 2.24) is 9.78 Å². The third kappa shape index (κ3) is 3.79.